The topological polar surface area (TPSA) is 38.3 Å². The Balaban J connectivity index is 2.00. The van der Waals surface area contributed by atoms with Crippen LogP contribution in [0.3, 0.4) is 0 Å². The lowest BCUT2D eigenvalue weighted by atomic mass is 9.97. The normalized spacial score (nSPS) is 11.8. The second kappa shape index (κ2) is 8.11. The van der Waals surface area contributed by atoms with Crippen LogP contribution in [0.1, 0.15) is 31.7 Å². The van der Waals surface area contributed by atoms with Gasteiger partial charge in [-0.25, -0.2) is 4.39 Å². The Morgan fingerprint density at radius 3 is 2.74 bits per heavy atom. The van der Waals surface area contributed by atoms with Crippen LogP contribution in [-0.2, 0) is 4.79 Å². The van der Waals surface area contributed by atoms with Gasteiger partial charge >= 0.3 is 0 Å². The Labute approximate surface area is 144 Å². The van der Waals surface area contributed by atoms with Crippen LogP contribution in [0.4, 0.5) is 10.1 Å². The molecule has 1 N–H and O–H groups in total. The Bertz CT molecular complexity index is 690. The molecule has 0 saturated carbocycles. The van der Waals surface area contributed by atoms with Crippen LogP contribution in [0.15, 0.2) is 46.9 Å². The molecular formula is C18H19BrFNO2. The monoisotopic (exact) mass is 379 g/mol. The van der Waals surface area contributed by atoms with Gasteiger partial charge in [0.1, 0.15) is 11.6 Å². The third-order valence-electron chi connectivity index (χ3n) is 3.63. The third-order valence-corrected chi connectivity index (χ3v) is 4.25. The van der Waals surface area contributed by atoms with Crippen molar-refractivity contribution in [1.82, 2.24) is 0 Å². The van der Waals surface area contributed by atoms with Gasteiger partial charge in [0.15, 0.2) is 6.61 Å². The van der Waals surface area contributed by atoms with Crippen LogP contribution in [0.5, 0.6) is 5.75 Å². The molecule has 0 fully saturated rings. The second-order valence-electron chi connectivity index (χ2n) is 5.31. The highest BCUT2D eigenvalue weighted by Crippen LogP contribution is 2.27. The molecule has 0 spiro atoms. The number of benzene rings is 2. The minimum Gasteiger partial charge on any atom is -0.483 e. The molecule has 1 atom stereocenters. The molecule has 0 aromatic heterocycles. The first kappa shape index (κ1) is 17.5. The van der Waals surface area contributed by atoms with E-state index in [0.717, 1.165) is 17.7 Å². The van der Waals surface area contributed by atoms with Crippen molar-refractivity contribution in [3.63, 3.8) is 0 Å². The zero-order valence-corrected chi connectivity index (χ0v) is 14.7. The molecular weight excluding hydrogens is 361 g/mol. The lowest BCUT2D eigenvalue weighted by molar-refractivity contribution is -0.118. The molecule has 122 valence electrons. The number of rotatable bonds is 6. The molecule has 2 aromatic carbocycles. The van der Waals surface area contributed by atoms with Crippen molar-refractivity contribution in [2.24, 2.45) is 0 Å². The molecule has 2 aromatic rings. The van der Waals surface area contributed by atoms with Gasteiger partial charge < -0.3 is 10.1 Å². The number of carbonyl (C=O) groups is 1. The van der Waals surface area contributed by atoms with E-state index in [1.807, 2.05) is 24.3 Å². The van der Waals surface area contributed by atoms with E-state index in [-0.39, 0.29) is 18.3 Å². The Morgan fingerprint density at radius 2 is 2.04 bits per heavy atom. The van der Waals surface area contributed by atoms with Gasteiger partial charge in [0.25, 0.3) is 5.91 Å². The van der Waals surface area contributed by atoms with Crippen molar-refractivity contribution in [3.8, 4) is 5.75 Å². The fourth-order valence-corrected chi connectivity index (χ4v) is 2.65. The van der Waals surface area contributed by atoms with Gasteiger partial charge in [-0.05, 0) is 58.1 Å². The van der Waals surface area contributed by atoms with E-state index >= 15 is 0 Å². The van der Waals surface area contributed by atoms with E-state index in [1.165, 1.54) is 18.2 Å². The number of amides is 1. The number of ether oxygens (including phenoxy) is 1. The van der Waals surface area contributed by atoms with Gasteiger partial charge in [-0.2, -0.15) is 0 Å². The summed E-state index contributed by atoms with van der Waals surface area (Å²) in [5, 5.41) is 2.87. The fraction of sp³-hybridized carbons (Fsp3) is 0.278. The largest absolute Gasteiger partial charge is 0.483 e. The van der Waals surface area contributed by atoms with Crippen LogP contribution >= 0.6 is 15.9 Å². The maximum absolute atomic E-state index is 13.0. The fourth-order valence-electron chi connectivity index (χ4n) is 2.18. The minimum atomic E-state index is -0.365. The molecule has 0 saturated heterocycles. The van der Waals surface area contributed by atoms with Crippen LogP contribution in [-0.4, -0.2) is 12.5 Å². The van der Waals surface area contributed by atoms with Gasteiger partial charge in [0.05, 0.1) is 4.47 Å². The number of carbonyl (C=O) groups excluding carboxylic acids is 1. The summed E-state index contributed by atoms with van der Waals surface area (Å²) in [5.74, 6) is 0.170. The van der Waals surface area contributed by atoms with Crippen LogP contribution in [0, 0.1) is 5.82 Å². The summed E-state index contributed by atoms with van der Waals surface area (Å²) in [7, 11) is 0. The maximum Gasteiger partial charge on any atom is 0.262 e. The zero-order chi connectivity index (χ0) is 16.8. The summed E-state index contributed by atoms with van der Waals surface area (Å²) >= 11 is 3.21. The zero-order valence-electron chi connectivity index (χ0n) is 13.1. The van der Waals surface area contributed by atoms with Gasteiger partial charge in [-0.15, -0.1) is 0 Å². The molecule has 0 radical (unpaired) electrons. The minimum absolute atomic E-state index is 0.140. The molecule has 3 nitrogen and oxygen atoms in total. The number of hydrogen-bond donors (Lipinski definition) is 1. The number of para-hydroxylation sites is 1. The SMILES string of the molecule is CC[C@H](C)c1ccccc1NC(=O)COc1ccc(F)cc1Br. The first-order valence-electron chi connectivity index (χ1n) is 7.48. The van der Waals surface area contributed by atoms with Crippen LogP contribution in [0.25, 0.3) is 0 Å². The third kappa shape index (κ3) is 4.79. The molecule has 0 unspecified atom stereocenters. The van der Waals surface area contributed by atoms with E-state index in [0.29, 0.717) is 16.1 Å². The van der Waals surface area contributed by atoms with Gasteiger partial charge in [-0.1, -0.05) is 32.0 Å². The smallest absolute Gasteiger partial charge is 0.262 e. The van der Waals surface area contributed by atoms with E-state index in [4.69, 9.17) is 4.74 Å². The van der Waals surface area contributed by atoms with Crippen molar-refractivity contribution in [3.05, 3.63) is 58.3 Å². The highest BCUT2D eigenvalue weighted by atomic mass is 79.9. The van der Waals surface area contributed by atoms with Crippen molar-refractivity contribution < 1.29 is 13.9 Å². The second-order valence-corrected chi connectivity index (χ2v) is 6.16. The predicted octanol–water partition coefficient (Wildman–Crippen LogP) is 5.12. The van der Waals surface area contributed by atoms with Crippen molar-refractivity contribution >= 4 is 27.5 Å². The number of anilines is 1. The Hall–Kier alpha value is -1.88. The molecule has 2 rings (SSSR count). The number of hydrogen-bond acceptors (Lipinski definition) is 2. The van der Waals surface area contributed by atoms with Gasteiger partial charge in [-0.3, -0.25) is 4.79 Å². The number of halogens is 2. The molecule has 5 heteroatoms. The highest BCUT2D eigenvalue weighted by molar-refractivity contribution is 9.10. The van der Waals surface area contributed by atoms with Crippen molar-refractivity contribution in [1.29, 1.82) is 0 Å². The average Bonchev–Trinajstić information content (AvgIpc) is 2.54. The molecule has 1 amide bonds. The summed E-state index contributed by atoms with van der Waals surface area (Å²) < 4.78 is 18.9. The van der Waals surface area contributed by atoms with Gasteiger partial charge in [0, 0.05) is 5.69 Å². The summed E-state index contributed by atoms with van der Waals surface area (Å²) in [4.78, 5) is 12.1. The van der Waals surface area contributed by atoms with E-state index in [1.54, 1.807) is 0 Å². The lowest BCUT2D eigenvalue weighted by Crippen LogP contribution is -2.21. The molecule has 0 aliphatic rings. The van der Waals surface area contributed by atoms with E-state index < -0.39 is 0 Å². The lowest BCUT2D eigenvalue weighted by Gasteiger charge is -2.16. The average molecular weight is 380 g/mol. The standard InChI is InChI=1S/C18H19BrFNO2/c1-3-12(2)14-6-4-5-7-16(14)21-18(22)11-23-17-9-8-13(20)10-15(17)19/h4-10,12H,3,11H2,1-2H3,(H,21,22)/t12-/m0/s1. The van der Waals surface area contributed by atoms with Crippen molar-refractivity contribution in [2.45, 2.75) is 26.2 Å². The first-order valence-corrected chi connectivity index (χ1v) is 8.27. The molecule has 23 heavy (non-hydrogen) atoms. The summed E-state index contributed by atoms with van der Waals surface area (Å²) in [6, 6.07) is 11.8. The summed E-state index contributed by atoms with van der Waals surface area (Å²) in [6.07, 6.45) is 0.992. The van der Waals surface area contributed by atoms with Crippen LogP contribution in [0.2, 0.25) is 0 Å². The molecule has 0 bridgehead atoms. The number of nitrogens with one attached hydrogen (secondary N) is 1. The predicted molar refractivity (Wildman–Crippen MR) is 93.4 cm³/mol. The molecule has 0 aliphatic heterocycles. The Morgan fingerprint density at radius 1 is 1.30 bits per heavy atom. The van der Waals surface area contributed by atoms with Crippen LogP contribution < -0.4 is 10.1 Å². The maximum atomic E-state index is 13.0. The summed E-state index contributed by atoms with van der Waals surface area (Å²) in [5.41, 5.74) is 1.90. The van der Waals surface area contributed by atoms with E-state index in [9.17, 15) is 9.18 Å². The first-order chi connectivity index (χ1) is 11.0. The van der Waals surface area contributed by atoms with Crippen molar-refractivity contribution in [2.75, 3.05) is 11.9 Å². The quantitative estimate of drug-likeness (QED) is 0.756. The van der Waals surface area contributed by atoms with E-state index in [2.05, 4.69) is 35.1 Å². The molecule has 0 heterocycles. The Kier molecular flexibility index (Phi) is 6.16. The van der Waals surface area contributed by atoms with Gasteiger partial charge in [0.2, 0.25) is 0 Å². The molecule has 0 aliphatic carbocycles. The summed E-state index contributed by atoms with van der Waals surface area (Å²) in [6.45, 7) is 4.09. The highest BCUT2D eigenvalue weighted by Gasteiger charge is 2.12.